The lowest BCUT2D eigenvalue weighted by atomic mass is 9.90. The molecule has 0 aliphatic carbocycles. The van der Waals surface area contributed by atoms with E-state index in [1.807, 2.05) is 38.0 Å². The monoisotopic (exact) mass is 460 g/mol. The lowest BCUT2D eigenvalue weighted by molar-refractivity contribution is 0.0677. The zero-order valence-corrected chi connectivity index (χ0v) is 19.2. The molecule has 174 valence electrons. The Labute approximate surface area is 196 Å². The number of carboxylic acids is 2. The predicted molar refractivity (Wildman–Crippen MR) is 129 cm³/mol. The van der Waals surface area contributed by atoms with E-state index in [0.29, 0.717) is 0 Å². The molecule has 0 aliphatic heterocycles. The first kappa shape index (κ1) is 24.2. The number of benzene rings is 3. The predicted octanol–water partition coefficient (Wildman–Crippen LogP) is 3.68. The zero-order chi connectivity index (χ0) is 25.2. The van der Waals surface area contributed by atoms with Crippen LogP contribution in [0.4, 0.5) is 11.4 Å². The number of carbonyl (C=O) groups excluding carboxylic acids is 2. The maximum atomic E-state index is 13.1. The van der Waals surface area contributed by atoms with Gasteiger partial charge in [-0.1, -0.05) is 0 Å². The first-order valence-electron chi connectivity index (χ1n) is 10.3. The average molecular weight is 460 g/mol. The molecule has 0 unspecified atom stereocenters. The zero-order valence-electron chi connectivity index (χ0n) is 19.2. The van der Waals surface area contributed by atoms with Gasteiger partial charge in [-0.25, -0.2) is 9.59 Å². The van der Waals surface area contributed by atoms with E-state index in [0.717, 1.165) is 23.5 Å². The van der Waals surface area contributed by atoms with Crippen LogP contribution in [0, 0.1) is 0 Å². The van der Waals surface area contributed by atoms with Crippen molar-refractivity contribution in [2.24, 2.45) is 0 Å². The summed E-state index contributed by atoms with van der Waals surface area (Å²) in [5, 5.41) is 19.5. The molecule has 0 bridgehead atoms. The summed E-state index contributed by atoms with van der Waals surface area (Å²) in [6.07, 6.45) is 0. The first-order chi connectivity index (χ1) is 16.0. The fourth-order valence-corrected chi connectivity index (χ4v) is 3.46. The van der Waals surface area contributed by atoms with Crippen LogP contribution in [0.1, 0.15) is 52.6 Å². The number of hydrogen-bond donors (Lipinski definition) is 2. The summed E-state index contributed by atoms with van der Waals surface area (Å²) in [5.41, 5.74) is 0.569. The summed E-state index contributed by atoms with van der Waals surface area (Å²) in [6, 6.07) is 14.9. The summed E-state index contributed by atoms with van der Waals surface area (Å²) < 4.78 is 0. The van der Waals surface area contributed by atoms with Crippen LogP contribution in [0.25, 0.3) is 0 Å². The minimum atomic E-state index is -1.44. The number of aromatic carboxylic acids is 2. The number of rotatable bonds is 8. The molecule has 8 heteroatoms. The SMILES string of the molecule is CN(C)c1ccc(C(=O)c2cc(C(=O)O)c(C(=O)c3ccc(N(C)C)cc3)cc2C(=O)O)cc1. The number of carboxylic acid groups (broad SMARTS) is 2. The van der Waals surface area contributed by atoms with Crippen LogP contribution < -0.4 is 9.80 Å². The van der Waals surface area contributed by atoms with E-state index in [1.165, 1.54) is 24.3 Å². The van der Waals surface area contributed by atoms with Gasteiger partial charge in [0.05, 0.1) is 11.1 Å². The Kier molecular flexibility index (Phi) is 6.81. The third kappa shape index (κ3) is 4.80. The number of carbonyl (C=O) groups is 4. The number of hydrogen-bond acceptors (Lipinski definition) is 6. The van der Waals surface area contributed by atoms with Gasteiger partial charge in [0.2, 0.25) is 0 Å². The van der Waals surface area contributed by atoms with Gasteiger partial charge in [0.1, 0.15) is 0 Å². The molecule has 0 aromatic heterocycles. The second-order valence-corrected chi connectivity index (χ2v) is 8.09. The van der Waals surface area contributed by atoms with Gasteiger partial charge in [0, 0.05) is 61.8 Å². The Bertz CT molecular complexity index is 1170. The van der Waals surface area contributed by atoms with Crippen molar-refractivity contribution in [1.82, 2.24) is 0 Å². The summed E-state index contributed by atoms with van der Waals surface area (Å²) in [7, 11) is 7.34. The molecule has 3 aromatic rings. The molecule has 0 radical (unpaired) electrons. The maximum absolute atomic E-state index is 13.1. The molecule has 0 amide bonds. The minimum absolute atomic E-state index is 0.197. The fourth-order valence-electron chi connectivity index (χ4n) is 3.46. The molecule has 0 aliphatic rings. The topological polar surface area (TPSA) is 115 Å². The molecule has 0 spiro atoms. The number of ketones is 2. The van der Waals surface area contributed by atoms with E-state index in [1.54, 1.807) is 24.3 Å². The van der Waals surface area contributed by atoms with Crippen molar-refractivity contribution < 1.29 is 29.4 Å². The molecule has 0 atom stereocenters. The smallest absolute Gasteiger partial charge is 0.336 e. The van der Waals surface area contributed by atoms with Crippen LogP contribution in [-0.2, 0) is 0 Å². The van der Waals surface area contributed by atoms with Gasteiger partial charge in [-0.2, -0.15) is 0 Å². The third-order valence-electron chi connectivity index (χ3n) is 5.40. The van der Waals surface area contributed by atoms with Crippen molar-refractivity contribution in [3.63, 3.8) is 0 Å². The molecule has 0 fully saturated rings. The van der Waals surface area contributed by atoms with Gasteiger partial charge in [0.25, 0.3) is 0 Å². The fraction of sp³-hybridized carbons (Fsp3) is 0.154. The van der Waals surface area contributed by atoms with E-state index in [2.05, 4.69) is 0 Å². The van der Waals surface area contributed by atoms with E-state index in [-0.39, 0.29) is 22.3 Å². The Morgan fingerprint density at radius 3 is 1.06 bits per heavy atom. The third-order valence-corrected chi connectivity index (χ3v) is 5.40. The second kappa shape index (κ2) is 9.58. The molecule has 0 heterocycles. The highest BCUT2D eigenvalue weighted by atomic mass is 16.4. The van der Waals surface area contributed by atoms with Crippen molar-refractivity contribution in [2.45, 2.75) is 0 Å². The molecule has 3 aromatic carbocycles. The molecule has 3 rings (SSSR count). The molecule has 0 saturated carbocycles. The quantitative estimate of drug-likeness (QED) is 0.489. The van der Waals surface area contributed by atoms with Crippen molar-refractivity contribution in [1.29, 1.82) is 0 Å². The van der Waals surface area contributed by atoms with Gasteiger partial charge in [-0.3, -0.25) is 9.59 Å². The van der Waals surface area contributed by atoms with Gasteiger partial charge in [-0.15, -0.1) is 0 Å². The summed E-state index contributed by atoms with van der Waals surface area (Å²) in [4.78, 5) is 53.9. The van der Waals surface area contributed by atoms with Crippen LogP contribution >= 0.6 is 0 Å². The Morgan fingerprint density at radius 1 is 0.529 bits per heavy atom. The van der Waals surface area contributed by atoms with Gasteiger partial charge in [-0.05, 0) is 60.7 Å². The molecular formula is C26H24N2O6. The van der Waals surface area contributed by atoms with E-state index in [9.17, 15) is 29.4 Å². The Hall–Kier alpha value is -4.46. The average Bonchev–Trinajstić information content (AvgIpc) is 2.82. The van der Waals surface area contributed by atoms with E-state index < -0.39 is 34.6 Å². The van der Waals surface area contributed by atoms with Crippen molar-refractivity contribution in [3.05, 3.63) is 94.0 Å². The van der Waals surface area contributed by atoms with E-state index >= 15 is 0 Å². The highest BCUT2D eigenvalue weighted by Gasteiger charge is 2.26. The van der Waals surface area contributed by atoms with Crippen molar-refractivity contribution in [3.8, 4) is 0 Å². The van der Waals surface area contributed by atoms with Crippen LogP contribution in [0.15, 0.2) is 60.7 Å². The largest absolute Gasteiger partial charge is 0.478 e. The molecule has 0 saturated heterocycles. The molecule has 8 nitrogen and oxygen atoms in total. The minimum Gasteiger partial charge on any atom is -0.478 e. The van der Waals surface area contributed by atoms with E-state index in [4.69, 9.17) is 0 Å². The molecule has 2 N–H and O–H groups in total. The van der Waals surface area contributed by atoms with Crippen LogP contribution in [0.3, 0.4) is 0 Å². The normalized spacial score (nSPS) is 10.5. The number of nitrogens with zero attached hydrogens (tertiary/aromatic N) is 2. The summed E-state index contributed by atoms with van der Waals surface area (Å²) in [5.74, 6) is -4.19. The van der Waals surface area contributed by atoms with Crippen molar-refractivity contribution in [2.75, 3.05) is 38.0 Å². The first-order valence-corrected chi connectivity index (χ1v) is 10.3. The lowest BCUT2D eigenvalue weighted by Gasteiger charge is -2.15. The Morgan fingerprint density at radius 2 is 0.824 bits per heavy atom. The molecule has 34 heavy (non-hydrogen) atoms. The van der Waals surface area contributed by atoms with Crippen LogP contribution in [0.2, 0.25) is 0 Å². The Balaban J connectivity index is 2.12. The van der Waals surface area contributed by atoms with Gasteiger partial charge < -0.3 is 20.0 Å². The number of anilines is 2. The lowest BCUT2D eigenvalue weighted by Crippen LogP contribution is -2.17. The van der Waals surface area contributed by atoms with Crippen LogP contribution in [-0.4, -0.2) is 61.9 Å². The summed E-state index contributed by atoms with van der Waals surface area (Å²) >= 11 is 0. The van der Waals surface area contributed by atoms with Gasteiger partial charge >= 0.3 is 11.9 Å². The van der Waals surface area contributed by atoms with Crippen molar-refractivity contribution >= 4 is 34.9 Å². The van der Waals surface area contributed by atoms with Crippen LogP contribution in [0.5, 0.6) is 0 Å². The standard InChI is InChI=1S/C26H24N2O6/c1-27(2)17-9-5-15(6-10-17)23(29)19-13-22(26(33)34)20(14-21(19)25(31)32)24(30)16-7-11-18(12-8-16)28(3)4/h5-14H,1-4H3,(H,31,32)(H,33,34). The second-order valence-electron chi connectivity index (χ2n) is 8.09. The summed E-state index contributed by atoms with van der Waals surface area (Å²) in [6.45, 7) is 0. The maximum Gasteiger partial charge on any atom is 0.336 e. The highest BCUT2D eigenvalue weighted by molar-refractivity contribution is 6.19. The van der Waals surface area contributed by atoms with Gasteiger partial charge in [0.15, 0.2) is 11.6 Å². The highest BCUT2D eigenvalue weighted by Crippen LogP contribution is 2.25. The molecular weight excluding hydrogens is 436 g/mol.